The molecule has 1 aliphatic rings. The molecule has 1 fully saturated rings. The molecule has 0 amide bonds. The first-order chi connectivity index (χ1) is 6.36. The Bertz CT molecular complexity index is 128. The van der Waals surface area contributed by atoms with Crippen molar-refractivity contribution in [2.24, 2.45) is 5.92 Å². The van der Waals surface area contributed by atoms with Crippen LogP contribution in [0.3, 0.4) is 0 Å². The lowest BCUT2D eigenvalue weighted by molar-refractivity contribution is 0.149. The number of ether oxygens (including phenoxy) is 1. The molecule has 1 aliphatic carbocycles. The van der Waals surface area contributed by atoms with E-state index in [1.165, 1.54) is 25.8 Å². The second kappa shape index (κ2) is 6.63. The Hall–Kier alpha value is 0.210. The summed E-state index contributed by atoms with van der Waals surface area (Å²) in [6.45, 7) is 4.04. The molecule has 0 N–H and O–H groups in total. The van der Waals surface area contributed by atoms with E-state index in [-0.39, 0.29) is 0 Å². The number of methoxy groups -OCH3 is 1. The van der Waals surface area contributed by atoms with Crippen LogP contribution in [0.5, 0.6) is 0 Å². The number of hydrogen-bond acceptors (Lipinski definition) is 2. The van der Waals surface area contributed by atoms with E-state index in [0.717, 1.165) is 31.5 Å². The van der Waals surface area contributed by atoms with Crippen molar-refractivity contribution >= 4 is 11.6 Å². The van der Waals surface area contributed by atoms with E-state index in [4.69, 9.17) is 16.3 Å². The lowest BCUT2D eigenvalue weighted by atomic mass is 10.3. The standard InChI is InChI=1S/C10H20ClNO/c1-13-9-8-12(7-5-11)6-4-10-2-3-10/h10H,2-9H2,1H3. The average Bonchev–Trinajstić information content (AvgIpc) is 2.93. The molecule has 78 valence electrons. The lowest BCUT2D eigenvalue weighted by Gasteiger charge is -2.20. The summed E-state index contributed by atoms with van der Waals surface area (Å²) in [6, 6.07) is 0. The Morgan fingerprint density at radius 2 is 2.08 bits per heavy atom. The summed E-state index contributed by atoms with van der Waals surface area (Å²) in [7, 11) is 1.75. The normalized spacial score (nSPS) is 16.8. The maximum Gasteiger partial charge on any atom is 0.0589 e. The molecule has 0 saturated heterocycles. The second-order valence-electron chi connectivity index (χ2n) is 3.76. The smallest absolute Gasteiger partial charge is 0.0589 e. The predicted octanol–water partition coefficient (Wildman–Crippen LogP) is 1.97. The summed E-state index contributed by atoms with van der Waals surface area (Å²) in [5.41, 5.74) is 0. The summed E-state index contributed by atoms with van der Waals surface area (Å²) >= 11 is 5.72. The van der Waals surface area contributed by atoms with Gasteiger partial charge in [0.05, 0.1) is 6.61 Å². The van der Waals surface area contributed by atoms with Gasteiger partial charge in [-0.2, -0.15) is 0 Å². The van der Waals surface area contributed by atoms with Gasteiger partial charge in [-0.25, -0.2) is 0 Å². The molecule has 0 heterocycles. The van der Waals surface area contributed by atoms with E-state index in [1.54, 1.807) is 7.11 Å². The van der Waals surface area contributed by atoms with Crippen LogP contribution in [0.2, 0.25) is 0 Å². The SMILES string of the molecule is COCCN(CCCl)CCC1CC1. The molecule has 2 nitrogen and oxygen atoms in total. The van der Waals surface area contributed by atoms with Gasteiger partial charge >= 0.3 is 0 Å². The fourth-order valence-corrected chi connectivity index (χ4v) is 1.69. The van der Waals surface area contributed by atoms with Crippen molar-refractivity contribution in [2.45, 2.75) is 19.3 Å². The Balaban J connectivity index is 2.03. The number of alkyl halides is 1. The number of hydrogen-bond donors (Lipinski definition) is 0. The van der Waals surface area contributed by atoms with Gasteiger partial charge in [0.1, 0.15) is 0 Å². The fraction of sp³-hybridized carbons (Fsp3) is 1.00. The molecule has 0 aromatic carbocycles. The zero-order chi connectivity index (χ0) is 9.52. The molecule has 13 heavy (non-hydrogen) atoms. The van der Waals surface area contributed by atoms with Crippen molar-refractivity contribution in [3.8, 4) is 0 Å². The van der Waals surface area contributed by atoms with Crippen molar-refractivity contribution in [3.63, 3.8) is 0 Å². The van der Waals surface area contributed by atoms with Crippen LogP contribution in [0, 0.1) is 5.92 Å². The van der Waals surface area contributed by atoms with Gasteiger partial charge in [0.25, 0.3) is 0 Å². The molecule has 0 aromatic heterocycles. The van der Waals surface area contributed by atoms with Gasteiger partial charge in [-0.05, 0) is 18.9 Å². The Morgan fingerprint density at radius 1 is 1.31 bits per heavy atom. The lowest BCUT2D eigenvalue weighted by Crippen LogP contribution is -2.30. The average molecular weight is 206 g/mol. The topological polar surface area (TPSA) is 12.5 Å². The highest BCUT2D eigenvalue weighted by atomic mass is 35.5. The molecule has 1 saturated carbocycles. The Kier molecular flexibility index (Phi) is 5.76. The van der Waals surface area contributed by atoms with E-state index in [1.807, 2.05) is 0 Å². The van der Waals surface area contributed by atoms with E-state index < -0.39 is 0 Å². The van der Waals surface area contributed by atoms with Crippen molar-refractivity contribution in [1.29, 1.82) is 0 Å². The van der Waals surface area contributed by atoms with Crippen LogP contribution in [0.4, 0.5) is 0 Å². The van der Waals surface area contributed by atoms with E-state index in [0.29, 0.717) is 0 Å². The van der Waals surface area contributed by atoms with Crippen molar-refractivity contribution < 1.29 is 4.74 Å². The number of rotatable bonds is 8. The summed E-state index contributed by atoms with van der Waals surface area (Å²) in [5, 5.41) is 0. The van der Waals surface area contributed by atoms with E-state index in [9.17, 15) is 0 Å². The molecule has 0 spiro atoms. The minimum atomic E-state index is 0.731. The largest absolute Gasteiger partial charge is 0.383 e. The zero-order valence-corrected chi connectivity index (χ0v) is 9.22. The monoisotopic (exact) mass is 205 g/mol. The van der Waals surface area contributed by atoms with Gasteiger partial charge in [-0.3, -0.25) is 4.90 Å². The molecular formula is C10H20ClNO. The third-order valence-corrected chi connectivity index (χ3v) is 2.73. The third-order valence-electron chi connectivity index (χ3n) is 2.56. The van der Waals surface area contributed by atoms with Crippen LogP contribution in [0.15, 0.2) is 0 Å². The molecule has 0 aromatic rings. The minimum Gasteiger partial charge on any atom is -0.383 e. The van der Waals surface area contributed by atoms with Gasteiger partial charge in [0, 0.05) is 26.1 Å². The van der Waals surface area contributed by atoms with Crippen LogP contribution in [0.25, 0.3) is 0 Å². The first-order valence-corrected chi connectivity index (χ1v) is 5.67. The zero-order valence-electron chi connectivity index (χ0n) is 8.47. The summed E-state index contributed by atoms with van der Waals surface area (Å²) < 4.78 is 5.06. The highest BCUT2D eigenvalue weighted by Gasteiger charge is 2.21. The number of nitrogens with zero attached hydrogens (tertiary/aromatic N) is 1. The van der Waals surface area contributed by atoms with E-state index >= 15 is 0 Å². The fourth-order valence-electron chi connectivity index (χ4n) is 1.45. The van der Waals surface area contributed by atoms with E-state index in [2.05, 4.69) is 4.90 Å². The Labute approximate surface area is 86.2 Å². The molecule has 3 heteroatoms. The first kappa shape index (κ1) is 11.3. The van der Waals surface area contributed by atoms with Gasteiger partial charge < -0.3 is 4.74 Å². The highest BCUT2D eigenvalue weighted by molar-refractivity contribution is 6.18. The quantitative estimate of drug-likeness (QED) is 0.562. The summed E-state index contributed by atoms with van der Waals surface area (Å²) in [5.74, 6) is 1.74. The van der Waals surface area contributed by atoms with Gasteiger partial charge in [0.2, 0.25) is 0 Å². The molecule has 0 aliphatic heterocycles. The predicted molar refractivity (Wildman–Crippen MR) is 56.4 cm³/mol. The van der Waals surface area contributed by atoms with Crippen LogP contribution >= 0.6 is 11.6 Å². The van der Waals surface area contributed by atoms with Crippen molar-refractivity contribution in [1.82, 2.24) is 4.90 Å². The first-order valence-electron chi connectivity index (χ1n) is 5.14. The van der Waals surface area contributed by atoms with Gasteiger partial charge in [-0.1, -0.05) is 12.8 Å². The van der Waals surface area contributed by atoms with Gasteiger partial charge in [0.15, 0.2) is 0 Å². The summed E-state index contributed by atoms with van der Waals surface area (Å²) in [4.78, 5) is 2.40. The minimum absolute atomic E-state index is 0.731. The molecule has 1 rings (SSSR count). The Morgan fingerprint density at radius 3 is 2.62 bits per heavy atom. The highest BCUT2D eigenvalue weighted by Crippen LogP contribution is 2.32. The molecular weight excluding hydrogens is 186 g/mol. The van der Waals surface area contributed by atoms with Crippen LogP contribution in [-0.4, -0.2) is 44.1 Å². The van der Waals surface area contributed by atoms with Crippen LogP contribution < -0.4 is 0 Å². The van der Waals surface area contributed by atoms with Crippen LogP contribution in [0.1, 0.15) is 19.3 Å². The molecule has 0 atom stereocenters. The second-order valence-corrected chi connectivity index (χ2v) is 4.13. The van der Waals surface area contributed by atoms with Crippen molar-refractivity contribution in [2.75, 3.05) is 39.2 Å². The molecule has 0 unspecified atom stereocenters. The van der Waals surface area contributed by atoms with Crippen LogP contribution in [-0.2, 0) is 4.74 Å². The maximum absolute atomic E-state index is 5.72. The van der Waals surface area contributed by atoms with Crippen molar-refractivity contribution in [3.05, 3.63) is 0 Å². The summed E-state index contributed by atoms with van der Waals surface area (Å²) in [6.07, 6.45) is 4.23. The van der Waals surface area contributed by atoms with Gasteiger partial charge in [-0.15, -0.1) is 11.6 Å². The number of halogens is 1. The molecule has 0 radical (unpaired) electrons. The third kappa shape index (κ3) is 5.50. The molecule has 0 bridgehead atoms. The maximum atomic E-state index is 5.72.